The van der Waals surface area contributed by atoms with Crippen LogP contribution in [0.5, 0.6) is 0 Å². The van der Waals surface area contributed by atoms with E-state index in [4.69, 9.17) is 23.9 Å². The van der Waals surface area contributed by atoms with Gasteiger partial charge in [0, 0.05) is 50.1 Å². The Bertz CT molecular complexity index is 1460. The van der Waals surface area contributed by atoms with Crippen molar-refractivity contribution in [2.24, 2.45) is 5.92 Å². The average molecular weight is 640 g/mol. The Morgan fingerprint density at radius 2 is 1.78 bits per heavy atom. The predicted octanol–water partition coefficient (Wildman–Crippen LogP) is 5.85. The number of ether oxygens (including phenoxy) is 4. The molecule has 0 bridgehead atoms. The summed E-state index contributed by atoms with van der Waals surface area (Å²) in [6.07, 6.45) is 4.71. The Balaban J connectivity index is 1.65. The number of hydrogen-bond donors (Lipinski definition) is 1. The largest absolute Gasteiger partial charge is 0.444 e. The molecular weight excluding hydrogens is 590 g/mol. The first-order chi connectivity index (χ1) is 21.6. The third kappa shape index (κ3) is 9.29. The van der Waals surface area contributed by atoms with E-state index in [1.54, 1.807) is 40.0 Å². The number of methoxy groups -OCH3 is 1. The second kappa shape index (κ2) is 14.6. The molecule has 3 aromatic heterocycles. The number of carbonyl (C=O) groups excluding carboxylic acids is 2. The summed E-state index contributed by atoms with van der Waals surface area (Å²) in [5.41, 5.74) is 1.17. The summed E-state index contributed by atoms with van der Waals surface area (Å²) in [7, 11) is 1.57. The lowest BCUT2D eigenvalue weighted by Gasteiger charge is -2.38. The molecule has 1 N–H and O–H groups in total. The van der Waals surface area contributed by atoms with E-state index in [0.717, 1.165) is 11.1 Å². The van der Waals surface area contributed by atoms with Crippen LogP contribution >= 0.6 is 0 Å². The fourth-order valence-electron chi connectivity index (χ4n) is 5.15. The zero-order chi connectivity index (χ0) is 33.6. The highest BCUT2D eigenvalue weighted by atomic mass is 16.7. The summed E-state index contributed by atoms with van der Waals surface area (Å²) in [5.74, 6) is 1.28. The van der Waals surface area contributed by atoms with Crippen LogP contribution in [0.4, 0.5) is 21.2 Å². The molecule has 2 amide bonds. The van der Waals surface area contributed by atoms with E-state index in [2.05, 4.69) is 29.2 Å². The number of likely N-dealkylation sites (tertiary alicyclic amines) is 1. The summed E-state index contributed by atoms with van der Waals surface area (Å²) in [6, 6.07) is 5.54. The van der Waals surface area contributed by atoms with Crippen LogP contribution in [-0.2, 0) is 25.5 Å². The van der Waals surface area contributed by atoms with E-state index in [0.29, 0.717) is 43.3 Å². The standard InChI is InChI=1S/C33H49N7O6/c1-22(2)25-18-36-40-28(39(31(42)46-33(6,7)8)19-23-10-13-34-14-11-23)16-27(37-29(25)40)35-17-24-12-15-38(20-26(24)44-21-43-9)30(41)45-32(3,4)5/h10-11,13-14,16,18,22,24,26H,12,15,17,19-21H2,1-9H3,(H,35,37)/t24-,26+/m1/s1. The molecule has 1 fully saturated rings. The molecule has 13 heteroatoms. The third-order valence-electron chi connectivity index (χ3n) is 7.38. The van der Waals surface area contributed by atoms with Crippen molar-refractivity contribution in [1.82, 2.24) is 24.5 Å². The van der Waals surface area contributed by atoms with Gasteiger partial charge in [-0.15, -0.1) is 0 Å². The molecule has 4 rings (SSSR count). The molecule has 1 aliphatic rings. The number of amides is 2. The second-order valence-corrected chi connectivity index (χ2v) is 13.9. The molecule has 13 nitrogen and oxygen atoms in total. The zero-order valence-electron chi connectivity index (χ0n) is 28.6. The van der Waals surface area contributed by atoms with Gasteiger partial charge in [-0.05, 0) is 71.6 Å². The van der Waals surface area contributed by atoms with E-state index < -0.39 is 17.3 Å². The smallest absolute Gasteiger partial charge is 0.416 e. The first-order valence-electron chi connectivity index (χ1n) is 15.8. The van der Waals surface area contributed by atoms with E-state index in [9.17, 15) is 9.59 Å². The Morgan fingerprint density at radius 1 is 1.09 bits per heavy atom. The second-order valence-electron chi connectivity index (χ2n) is 13.9. The number of rotatable bonds is 10. The van der Waals surface area contributed by atoms with Crippen LogP contribution in [0.3, 0.4) is 0 Å². The maximum atomic E-state index is 13.7. The number of anilines is 2. The molecule has 252 valence electrons. The summed E-state index contributed by atoms with van der Waals surface area (Å²) in [6.45, 7) is 17.0. The van der Waals surface area contributed by atoms with Crippen molar-refractivity contribution in [3.05, 3.63) is 47.9 Å². The number of nitrogens with zero attached hydrogens (tertiary/aromatic N) is 6. The Labute approximate surface area is 271 Å². The topological polar surface area (TPSA) is 133 Å². The number of nitrogens with one attached hydrogen (secondary N) is 1. The van der Waals surface area contributed by atoms with Crippen LogP contribution in [0.15, 0.2) is 36.8 Å². The molecule has 0 saturated carbocycles. The lowest BCUT2D eigenvalue weighted by molar-refractivity contribution is -0.111. The summed E-state index contributed by atoms with van der Waals surface area (Å²) >= 11 is 0. The van der Waals surface area contributed by atoms with Gasteiger partial charge >= 0.3 is 12.2 Å². The molecular formula is C33H49N7O6. The maximum Gasteiger partial charge on any atom is 0.416 e. The highest BCUT2D eigenvalue weighted by molar-refractivity contribution is 5.88. The van der Waals surface area contributed by atoms with Gasteiger partial charge in [0.25, 0.3) is 0 Å². The highest BCUT2D eigenvalue weighted by Gasteiger charge is 2.35. The molecule has 4 heterocycles. The Kier molecular flexibility index (Phi) is 11.1. The van der Waals surface area contributed by atoms with E-state index in [-0.39, 0.29) is 37.4 Å². The van der Waals surface area contributed by atoms with Gasteiger partial charge in [0.2, 0.25) is 0 Å². The van der Waals surface area contributed by atoms with Crippen LogP contribution < -0.4 is 10.2 Å². The quantitative estimate of drug-likeness (QED) is 0.270. The fourth-order valence-corrected chi connectivity index (χ4v) is 5.15. The van der Waals surface area contributed by atoms with E-state index in [1.807, 2.05) is 59.7 Å². The van der Waals surface area contributed by atoms with Gasteiger partial charge in [-0.2, -0.15) is 9.61 Å². The van der Waals surface area contributed by atoms with Crippen LogP contribution in [0.2, 0.25) is 0 Å². The van der Waals surface area contributed by atoms with Gasteiger partial charge < -0.3 is 29.2 Å². The minimum absolute atomic E-state index is 0.0450. The van der Waals surface area contributed by atoms with Crippen LogP contribution in [0, 0.1) is 5.92 Å². The van der Waals surface area contributed by atoms with Gasteiger partial charge in [0.05, 0.1) is 25.4 Å². The van der Waals surface area contributed by atoms with Gasteiger partial charge in [-0.25, -0.2) is 14.6 Å². The van der Waals surface area contributed by atoms with Crippen molar-refractivity contribution in [3.63, 3.8) is 0 Å². The monoisotopic (exact) mass is 639 g/mol. The molecule has 3 aromatic rings. The van der Waals surface area contributed by atoms with Crippen molar-refractivity contribution < 1.29 is 28.5 Å². The molecule has 1 aliphatic heterocycles. The van der Waals surface area contributed by atoms with Crippen molar-refractivity contribution in [1.29, 1.82) is 0 Å². The Hall–Kier alpha value is -3.97. The third-order valence-corrected chi connectivity index (χ3v) is 7.38. The molecule has 0 aromatic carbocycles. The number of aromatic nitrogens is 4. The van der Waals surface area contributed by atoms with E-state index in [1.165, 1.54) is 0 Å². The van der Waals surface area contributed by atoms with Crippen LogP contribution in [-0.4, -0.2) is 87.5 Å². The SMILES string of the molecule is COCO[C@H]1CN(C(=O)OC(C)(C)C)CC[C@@H]1CNc1cc(N(Cc2ccncc2)C(=O)OC(C)(C)C)n2ncc(C(C)C)c2n1. The molecule has 0 radical (unpaired) electrons. The maximum absolute atomic E-state index is 13.7. The average Bonchev–Trinajstić information content (AvgIpc) is 3.41. The summed E-state index contributed by atoms with van der Waals surface area (Å²) in [4.78, 5) is 38.9. The summed E-state index contributed by atoms with van der Waals surface area (Å²) in [5, 5.41) is 8.15. The van der Waals surface area contributed by atoms with Crippen molar-refractivity contribution in [2.75, 3.05) is 43.8 Å². The lowest BCUT2D eigenvalue weighted by atomic mass is 9.93. The van der Waals surface area contributed by atoms with Gasteiger partial charge in [-0.3, -0.25) is 9.88 Å². The van der Waals surface area contributed by atoms with Gasteiger partial charge in [0.1, 0.15) is 29.6 Å². The molecule has 2 atom stereocenters. The summed E-state index contributed by atoms with van der Waals surface area (Å²) < 4.78 is 24.4. The van der Waals surface area contributed by atoms with Crippen molar-refractivity contribution >= 4 is 29.5 Å². The molecule has 0 spiro atoms. The number of fused-ring (bicyclic) bond motifs is 1. The minimum Gasteiger partial charge on any atom is -0.444 e. The molecule has 0 aliphatic carbocycles. The highest BCUT2D eigenvalue weighted by Crippen LogP contribution is 2.29. The zero-order valence-corrected chi connectivity index (χ0v) is 28.6. The fraction of sp³-hybridized carbons (Fsp3) is 0.606. The number of piperidine rings is 1. The Morgan fingerprint density at radius 3 is 2.41 bits per heavy atom. The van der Waals surface area contributed by atoms with Crippen molar-refractivity contribution in [2.45, 2.75) is 91.6 Å². The first kappa shape index (κ1) is 34.9. The first-order valence-corrected chi connectivity index (χ1v) is 15.8. The predicted molar refractivity (Wildman–Crippen MR) is 175 cm³/mol. The minimum atomic E-state index is -0.709. The normalized spacial score (nSPS) is 17.3. The molecule has 1 saturated heterocycles. The molecule has 46 heavy (non-hydrogen) atoms. The number of hydrogen-bond acceptors (Lipinski definition) is 10. The molecule has 0 unspecified atom stereocenters. The number of pyridine rings is 1. The van der Waals surface area contributed by atoms with Crippen LogP contribution in [0.25, 0.3) is 5.65 Å². The number of carbonyl (C=O) groups is 2. The van der Waals surface area contributed by atoms with Gasteiger partial charge in [-0.1, -0.05) is 13.8 Å². The van der Waals surface area contributed by atoms with Gasteiger partial charge in [0.15, 0.2) is 5.65 Å². The van der Waals surface area contributed by atoms with Crippen LogP contribution in [0.1, 0.15) is 78.9 Å². The lowest BCUT2D eigenvalue weighted by Crippen LogP contribution is -2.50. The van der Waals surface area contributed by atoms with Crippen molar-refractivity contribution in [3.8, 4) is 0 Å². The van der Waals surface area contributed by atoms with E-state index >= 15 is 0 Å².